The molecule has 1 aromatic carbocycles. The first-order valence-corrected chi connectivity index (χ1v) is 5.88. The summed E-state index contributed by atoms with van der Waals surface area (Å²) in [6, 6.07) is 3.97. The molecule has 3 nitrogen and oxygen atoms in total. The Hall–Kier alpha value is -1.03. The Morgan fingerprint density at radius 2 is 2.19 bits per heavy atom. The molecule has 88 valence electrons. The molecule has 1 N–H and O–H groups in total. The Balaban J connectivity index is 2.74. The van der Waals surface area contributed by atoms with Crippen LogP contribution >= 0.6 is 15.9 Å². The van der Waals surface area contributed by atoms with Crippen LogP contribution in [0.1, 0.15) is 24.0 Å². The highest BCUT2D eigenvalue weighted by atomic mass is 79.9. The van der Waals surface area contributed by atoms with Gasteiger partial charge in [0.25, 0.3) is 0 Å². The van der Waals surface area contributed by atoms with Crippen LogP contribution in [0, 0.1) is 6.92 Å². The van der Waals surface area contributed by atoms with E-state index in [1.165, 1.54) is 0 Å². The van der Waals surface area contributed by atoms with E-state index in [-0.39, 0.29) is 6.42 Å². The van der Waals surface area contributed by atoms with E-state index in [1.54, 1.807) is 7.11 Å². The molecule has 0 atom stereocenters. The number of aryl methyl sites for hydroxylation is 1. The lowest BCUT2D eigenvalue weighted by molar-refractivity contribution is -0.137. The van der Waals surface area contributed by atoms with Crippen LogP contribution in [0.25, 0.3) is 0 Å². The maximum Gasteiger partial charge on any atom is 0.303 e. The quantitative estimate of drug-likeness (QED) is 0.904. The number of carbonyl (C=O) groups is 1. The fourth-order valence-electron chi connectivity index (χ4n) is 1.51. The molecule has 0 fully saturated rings. The maximum atomic E-state index is 10.4. The van der Waals surface area contributed by atoms with E-state index in [4.69, 9.17) is 9.84 Å². The molecule has 0 saturated heterocycles. The van der Waals surface area contributed by atoms with Crippen molar-refractivity contribution in [2.24, 2.45) is 0 Å². The number of hydrogen-bond acceptors (Lipinski definition) is 2. The Kier molecular flexibility index (Phi) is 4.80. The van der Waals surface area contributed by atoms with E-state index in [0.29, 0.717) is 6.42 Å². The van der Waals surface area contributed by atoms with Gasteiger partial charge in [-0.3, -0.25) is 4.79 Å². The van der Waals surface area contributed by atoms with Crippen LogP contribution < -0.4 is 4.74 Å². The second-order valence-corrected chi connectivity index (χ2v) is 4.51. The van der Waals surface area contributed by atoms with Crippen LogP contribution in [-0.4, -0.2) is 18.2 Å². The fourth-order valence-corrected chi connectivity index (χ4v) is 2.00. The molecule has 0 heterocycles. The van der Waals surface area contributed by atoms with Gasteiger partial charge in [-0.1, -0.05) is 15.9 Å². The summed E-state index contributed by atoms with van der Waals surface area (Å²) in [6.07, 6.45) is 1.60. The minimum absolute atomic E-state index is 0.202. The van der Waals surface area contributed by atoms with Gasteiger partial charge in [0.2, 0.25) is 0 Å². The summed E-state index contributed by atoms with van der Waals surface area (Å²) in [5.41, 5.74) is 2.15. The van der Waals surface area contributed by atoms with Gasteiger partial charge in [0, 0.05) is 16.5 Å². The van der Waals surface area contributed by atoms with Crippen molar-refractivity contribution < 1.29 is 14.6 Å². The first kappa shape index (κ1) is 13.0. The largest absolute Gasteiger partial charge is 0.496 e. The summed E-state index contributed by atoms with van der Waals surface area (Å²) >= 11 is 3.46. The van der Waals surface area contributed by atoms with E-state index in [0.717, 1.165) is 27.8 Å². The number of carboxylic acid groups (broad SMARTS) is 1. The minimum Gasteiger partial charge on any atom is -0.496 e. The number of halogens is 1. The Morgan fingerprint density at radius 1 is 1.50 bits per heavy atom. The topological polar surface area (TPSA) is 46.5 Å². The van der Waals surface area contributed by atoms with Crippen LogP contribution in [0.2, 0.25) is 0 Å². The van der Waals surface area contributed by atoms with Gasteiger partial charge >= 0.3 is 5.97 Å². The van der Waals surface area contributed by atoms with Crippen LogP contribution in [0.3, 0.4) is 0 Å². The van der Waals surface area contributed by atoms with E-state index in [2.05, 4.69) is 15.9 Å². The zero-order chi connectivity index (χ0) is 12.1. The van der Waals surface area contributed by atoms with Crippen molar-refractivity contribution in [2.75, 3.05) is 7.11 Å². The molecule has 16 heavy (non-hydrogen) atoms. The molecule has 0 aliphatic heterocycles. The first-order chi connectivity index (χ1) is 7.54. The molecule has 0 radical (unpaired) electrons. The number of benzene rings is 1. The average molecular weight is 287 g/mol. The second kappa shape index (κ2) is 5.89. The lowest BCUT2D eigenvalue weighted by Gasteiger charge is -2.09. The lowest BCUT2D eigenvalue weighted by atomic mass is 10.1. The van der Waals surface area contributed by atoms with Gasteiger partial charge in [0.15, 0.2) is 0 Å². The van der Waals surface area contributed by atoms with Gasteiger partial charge in [0.05, 0.1) is 7.11 Å². The van der Waals surface area contributed by atoms with Crippen LogP contribution in [0.5, 0.6) is 5.75 Å². The van der Waals surface area contributed by atoms with Crippen molar-refractivity contribution in [1.82, 2.24) is 0 Å². The third-order valence-electron chi connectivity index (χ3n) is 2.43. The van der Waals surface area contributed by atoms with Gasteiger partial charge in [-0.2, -0.15) is 0 Å². The van der Waals surface area contributed by atoms with Gasteiger partial charge in [-0.05, 0) is 37.5 Å². The van der Waals surface area contributed by atoms with Crippen molar-refractivity contribution in [3.63, 3.8) is 0 Å². The summed E-state index contributed by atoms with van der Waals surface area (Å²) in [4.78, 5) is 10.4. The van der Waals surface area contributed by atoms with Gasteiger partial charge in [-0.15, -0.1) is 0 Å². The van der Waals surface area contributed by atoms with E-state index in [9.17, 15) is 4.79 Å². The first-order valence-electron chi connectivity index (χ1n) is 5.09. The van der Waals surface area contributed by atoms with E-state index in [1.807, 2.05) is 19.1 Å². The Morgan fingerprint density at radius 3 is 2.75 bits per heavy atom. The number of hydrogen-bond donors (Lipinski definition) is 1. The Bertz CT molecular complexity index is 388. The third-order valence-corrected chi connectivity index (χ3v) is 3.26. The third kappa shape index (κ3) is 3.52. The summed E-state index contributed by atoms with van der Waals surface area (Å²) in [6.45, 7) is 1.98. The van der Waals surface area contributed by atoms with Crippen molar-refractivity contribution in [2.45, 2.75) is 26.2 Å². The summed E-state index contributed by atoms with van der Waals surface area (Å²) in [7, 11) is 1.63. The summed E-state index contributed by atoms with van der Waals surface area (Å²) in [5, 5.41) is 8.56. The van der Waals surface area contributed by atoms with Crippen molar-refractivity contribution >= 4 is 21.9 Å². The predicted octanol–water partition coefficient (Wildman–Crippen LogP) is 3.17. The van der Waals surface area contributed by atoms with Crippen LogP contribution in [-0.2, 0) is 11.2 Å². The molecule has 0 aliphatic rings. The number of ether oxygens (including phenoxy) is 1. The molecule has 0 aromatic heterocycles. The summed E-state index contributed by atoms with van der Waals surface area (Å²) < 4.78 is 6.24. The fraction of sp³-hybridized carbons (Fsp3) is 0.417. The molecule has 0 aliphatic carbocycles. The average Bonchev–Trinajstić information content (AvgIpc) is 2.22. The van der Waals surface area contributed by atoms with Crippen molar-refractivity contribution in [1.29, 1.82) is 0 Å². The van der Waals surface area contributed by atoms with Crippen molar-refractivity contribution in [3.8, 4) is 5.75 Å². The van der Waals surface area contributed by atoms with Gasteiger partial charge < -0.3 is 9.84 Å². The summed E-state index contributed by atoms with van der Waals surface area (Å²) in [5.74, 6) is 0.0813. The smallest absolute Gasteiger partial charge is 0.303 e. The molecular formula is C12H15BrO3. The standard InChI is InChI=1S/C12H15BrO3/c1-8-10(13)6-9(7-11(8)16-2)4-3-5-12(14)15/h6-7H,3-5H2,1-2H3,(H,14,15). The molecule has 0 spiro atoms. The highest BCUT2D eigenvalue weighted by Gasteiger charge is 2.06. The Labute approximate surface area is 104 Å². The number of aliphatic carboxylic acids is 1. The minimum atomic E-state index is -0.752. The zero-order valence-electron chi connectivity index (χ0n) is 9.42. The molecule has 1 rings (SSSR count). The molecule has 0 bridgehead atoms. The molecule has 0 unspecified atom stereocenters. The maximum absolute atomic E-state index is 10.4. The molecule has 1 aromatic rings. The van der Waals surface area contributed by atoms with Crippen LogP contribution in [0.15, 0.2) is 16.6 Å². The lowest BCUT2D eigenvalue weighted by Crippen LogP contribution is -1.97. The molecule has 0 amide bonds. The SMILES string of the molecule is COc1cc(CCCC(=O)O)cc(Br)c1C. The molecule has 0 saturated carbocycles. The van der Waals surface area contributed by atoms with Gasteiger partial charge in [-0.25, -0.2) is 0 Å². The normalized spacial score (nSPS) is 10.2. The number of carboxylic acids is 1. The zero-order valence-corrected chi connectivity index (χ0v) is 11.0. The molecule has 4 heteroatoms. The number of methoxy groups -OCH3 is 1. The van der Waals surface area contributed by atoms with E-state index < -0.39 is 5.97 Å². The highest BCUT2D eigenvalue weighted by Crippen LogP contribution is 2.28. The molecular weight excluding hydrogens is 272 g/mol. The second-order valence-electron chi connectivity index (χ2n) is 3.65. The number of rotatable bonds is 5. The van der Waals surface area contributed by atoms with Gasteiger partial charge in [0.1, 0.15) is 5.75 Å². The van der Waals surface area contributed by atoms with E-state index >= 15 is 0 Å². The van der Waals surface area contributed by atoms with Crippen LogP contribution in [0.4, 0.5) is 0 Å². The predicted molar refractivity (Wildman–Crippen MR) is 66.0 cm³/mol. The highest BCUT2D eigenvalue weighted by molar-refractivity contribution is 9.10. The van der Waals surface area contributed by atoms with Crippen molar-refractivity contribution in [3.05, 3.63) is 27.7 Å². The monoisotopic (exact) mass is 286 g/mol.